The summed E-state index contributed by atoms with van der Waals surface area (Å²) in [5, 5.41) is 0. The minimum absolute atomic E-state index is 0.621. The predicted octanol–water partition coefficient (Wildman–Crippen LogP) is 14.7. The Morgan fingerprint density at radius 2 is 0.624 bits per heavy atom. The summed E-state index contributed by atoms with van der Waals surface area (Å²) in [7, 11) is 0. The summed E-state index contributed by atoms with van der Waals surface area (Å²) in [4.78, 5) is 12.8. The summed E-state index contributed by atoms with van der Waals surface area (Å²) in [5.41, 5.74) is -20.1. The van der Waals surface area contributed by atoms with Crippen LogP contribution in [-0.4, -0.2) is 68.8 Å². The Morgan fingerprint density at radius 3 is 0.953 bits per heavy atom. The van der Waals surface area contributed by atoms with Crippen LogP contribution >= 0.6 is 0 Å². The lowest BCUT2D eigenvalue weighted by Crippen LogP contribution is -2.56. The molecule has 0 amide bonds. The molecule has 5 atom stereocenters. The Kier molecular flexibility index (Phi) is 13.4. The van der Waals surface area contributed by atoms with Crippen LogP contribution in [0, 0.1) is 111 Å². The third-order valence-corrected chi connectivity index (χ3v) is 14.2. The van der Waals surface area contributed by atoms with Gasteiger partial charge in [0.1, 0.15) is 31.0 Å². The van der Waals surface area contributed by atoms with Gasteiger partial charge in [0.2, 0.25) is 29.1 Å². The first kappa shape index (κ1) is 57.2. The highest BCUT2D eigenvalue weighted by molar-refractivity contribution is 6.00. The molecule has 12 rings (SSSR count). The topological polar surface area (TPSA) is 113 Å². The van der Waals surface area contributed by atoms with Crippen molar-refractivity contribution in [1.29, 1.82) is 0 Å². The zero-order chi connectivity index (χ0) is 61.1. The molecule has 4 aromatic carbocycles. The van der Waals surface area contributed by atoms with E-state index in [2.05, 4.69) is 19.9 Å². The summed E-state index contributed by atoms with van der Waals surface area (Å²) < 4.78 is 334. The molecule has 3 fully saturated rings. The second-order valence-electron chi connectivity index (χ2n) is 20.3. The molecule has 0 radical (unpaired) electrons. The minimum atomic E-state index is -2.72. The van der Waals surface area contributed by atoms with Gasteiger partial charge in [-0.25, -0.2) is 84.6 Å². The first-order valence-electron chi connectivity index (χ1n) is 24.6. The van der Waals surface area contributed by atoms with Crippen LogP contribution < -0.4 is 4.74 Å². The lowest BCUT2D eigenvalue weighted by atomic mass is 9.99. The minimum Gasteiger partial charge on any atom is -0.485 e. The molecule has 3 saturated heterocycles. The van der Waals surface area contributed by atoms with Crippen LogP contribution in [0.5, 0.6) is 5.75 Å². The zero-order valence-electron chi connectivity index (χ0n) is 42.7. The van der Waals surface area contributed by atoms with Crippen LogP contribution in [0.3, 0.4) is 0 Å². The molecule has 7 aromatic rings. The normalized spacial score (nSPS) is 20.2. The predicted molar refractivity (Wildman–Crippen MR) is 258 cm³/mol. The standard InChI is InChI=1S/C56H29F19N4O6/c1-55(2)82-50-22(81-54-53(52(50)83-55)84-56(3,4)85-54)13-80-51-48(74)37(63)30(38(64)49(51)75)26-20-11-9-18(78-20)24(28-33(59)41(67)46(72)42(68)34(28)60)16-7-5-14(76-16)23(27-31(57)39(65)45(71)40(66)32(27)58)15-6-8-17(77-15)25(19-10-12-21(26)79-19)29-35(61)43(69)47(73)44(70)36(29)62/h5-12,22,50,52-54,76,79H,13H2,1-4H3/t22-,50+,52+,53-,54-/m1/s1. The number of aromatic amines is 2. The molecular formula is C56H29F19N4O6. The van der Waals surface area contributed by atoms with Crippen molar-refractivity contribution in [3.63, 3.8) is 0 Å². The number of nitrogens with one attached hydrogen (secondary N) is 2. The number of benzene rings is 4. The van der Waals surface area contributed by atoms with E-state index in [0.29, 0.717) is 48.6 Å². The van der Waals surface area contributed by atoms with E-state index in [0.717, 1.165) is 0 Å². The summed E-state index contributed by atoms with van der Waals surface area (Å²) in [6.45, 7) is 5.15. The summed E-state index contributed by atoms with van der Waals surface area (Å²) >= 11 is 0. The second kappa shape index (κ2) is 19.9. The van der Waals surface area contributed by atoms with Gasteiger partial charge in [-0.2, -0.15) is 8.78 Å². The van der Waals surface area contributed by atoms with Crippen LogP contribution in [0.15, 0.2) is 24.3 Å². The summed E-state index contributed by atoms with van der Waals surface area (Å²) in [5.74, 6) is -53.1. The third-order valence-electron chi connectivity index (χ3n) is 14.2. The quantitative estimate of drug-likeness (QED) is 0.0922. The molecular weight excluding hydrogens is 1190 g/mol. The number of rotatable bonds is 7. The SMILES string of the molecule is CC1(C)O[C@H]2[C@@H](O1)[C@@H](COc1c(F)c(F)c(-c3c4nc(c(-c5c(F)c(F)c(F)c(F)c5F)c5ccc([nH]5)c(-c5c(F)c(F)c(F)c(F)c5F)c5nc(c(-c6c(F)c(F)c(F)c(F)c6F)c6ccc3[nH]6)C=C5)C=C4)c(F)c1F)O[C@@H]1OC(C)(C)O[C@@H]12. The maximum atomic E-state index is 17.2. The average Bonchev–Trinajstić information content (AvgIpc) is 1.92. The Bertz CT molecular complexity index is 4190. The van der Waals surface area contributed by atoms with Gasteiger partial charge in [-0.3, -0.25) is 0 Å². The van der Waals surface area contributed by atoms with Crippen molar-refractivity contribution in [1.82, 2.24) is 19.9 Å². The Labute approximate surface area is 461 Å². The molecule has 5 aliphatic rings. The van der Waals surface area contributed by atoms with Gasteiger partial charge in [-0.05, 0) is 76.3 Å². The van der Waals surface area contributed by atoms with Crippen molar-refractivity contribution < 1.29 is 112 Å². The van der Waals surface area contributed by atoms with E-state index in [1.54, 1.807) is 0 Å². The largest absolute Gasteiger partial charge is 0.485 e. The molecule has 442 valence electrons. The van der Waals surface area contributed by atoms with E-state index in [-0.39, 0.29) is 0 Å². The number of nitrogens with zero attached hydrogens (tertiary/aromatic N) is 2. The lowest BCUT2D eigenvalue weighted by Gasteiger charge is -2.37. The summed E-state index contributed by atoms with van der Waals surface area (Å²) in [6.07, 6.45) is -3.06. The van der Waals surface area contributed by atoms with Crippen LogP contribution in [-0.2, 0) is 23.7 Å². The van der Waals surface area contributed by atoms with Crippen molar-refractivity contribution >= 4 is 46.4 Å². The molecule has 0 saturated carbocycles. The first-order valence-corrected chi connectivity index (χ1v) is 24.6. The van der Waals surface area contributed by atoms with Gasteiger partial charge in [0.05, 0.1) is 45.0 Å². The number of fused-ring (bicyclic) bond motifs is 11. The highest BCUT2D eigenvalue weighted by atomic mass is 19.2. The van der Waals surface area contributed by atoms with E-state index >= 15 is 70.2 Å². The van der Waals surface area contributed by atoms with E-state index in [9.17, 15) is 13.2 Å². The van der Waals surface area contributed by atoms with Gasteiger partial charge >= 0.3 is 0 Å². The van der Waals surface area contributed by atoms with E-state index in [1.807, 2.05) is 0 Å². The summed E-state index contributed by atoms with van der Waals surface area (Å²) in [6, 6.07) is 2.67. The zero-order valence-corrected chi connectivity index (χ0v) is 42.7. The highest BCUT2D eigenvalue weighted by Gasteiger charge is 2.61. The van der Waals surface area contributed by atoms with Crippen molar-refractivity contribution in [2.75, 3.05) is 6.61 Å². The van der Waals surface area contributed by atoms with E-state index in [4.69, 9.17) is 28.4 Å². The number of ether oxygens (including phenoxy) is 6. The molecule has 0 aliphatic carbocycles. The number of hydrogen-bond acceptors (Lipinski definition) is 8. The van der Waals surface area contributed by atoms with Crippen LogP contribution in [0.2, 0.25) is 0 Å². The van der Waals surface area contributed by atoms with Gasteiger partial charge < -0.3 is 38.4 Å². The molecule has 8 heterocycles. The maximum Gasteiger partial charge on any atom is 0.204 e. The fraction of sp³-hybridized carbons (Fsp3) is 0.214. The van der Waals surface area contributed by atoms with Crippen LogP contribution in [0.4, 0.5) is 83.4 Å². The van der Waals surface area contributed by atoms with Crippen molar-refractivity contribution in [3.8, 4) is 50.3 Å². The van der Waals surface area contributed by atoms with Crippen molar-refractivity contribution in [3.05, 3.63) is 158 Å². The molecule has 0 spiro atoms. The molecule has 0 unspecified atom stereocenters. The molecule has 3 aromatic heterocycles. The fourth-order valence-electron chi connectivity index (χ4n) is 10.7. The average molecular weight is 1210 g/mol. The van der Waals surface area contributed by atoms with E-state index < -0.39 is 255 Å². The van der Waals surface area contributed by atoms with Gasteiger partial charge in [0.15, 0.2) is 105 Å². The monoisotopic (exact) mass is 1210 g/mol. The number of hydrogen-bond donors (Lipinski definition) is 2. The van der Waals surface area contributed by atoms with Crippen molar-refractivity contribution in [2.45, 2.75) is 70.0 Å². The molecule has 85 heavy (non-hydrogen) atoms. The number of H-pyrrole nitrogens is 2. The molecule has 29 heteroatoms. The fourth-order valence-corrected chi connectivity index (χ4v) is 10.7. The van der Waals surface area contributed by atoms with Crippen LogP contribution in [0.25, 0.3) is 90.9 Å². The third kappa shape index (κ3) is 8.77. The lowest BCUT2D eigenvalue weighted by molar-refractivity contribution is -0.238. The first-order chi connectivity index (χ1) is 40.0. The number of halogens is 19. The Balaban J connectivity index is 1.17. The van der Waals surface area contributed by atoms with Gasteiger partial charge in [0.25, 0.3) is 0 Å². The van der Waals surface area contributed by atoms with Gasteiger partial charge in [-0.15, -0.1) is 0 Å². The maximum absolute atomic E-state index is 17.2. The second-order valence-corrected chi connectivity index (χ2v) is 20.3. The van der Waals surface area contributed by atoms with E-state index in [1.165, 1.54) is 27.7 Å². The van der Waals surface area contributed by atoms with Gasteiger partial charge in [-0.1, -0.05) is 0 Å². The molecule has 8 bridgehead atoms. The van der Waals surface area contributed by atoms with Gasteiger partial charge in [0, 0.05) is 44.3 Å². The number of aromatic nitrogens is 4. The highest BCUT2D eigenvalue weighted by Crippen LogP contribution is 2.48. The van der Waals surface area contributed by atoms with Crippen LogP contribution in [0.1, 0.15) is 50.5 Å². The Hall–Kier alpha value is -8.25. The molecule has 2 N–H and O–H groups in total. The smallest absolute Gasteiger partial charge is 0.204 e. The molecule has 10 nitrogen and oxygen atoms in total. The molecule has 5 aliphatic heterocycles. The Morgan fingerprint density at radius 1 is 0.353 bits per heavy atom. The van der Waals surface area contributed by atoms with Crippen molar-refractivity contribution in [2.24, 2.45) is 0 Å².